The quantitative estimate of drug-likeness (QED) is 0.862. The maximum absolute atomic E-state index is 12.0. The molecule has 3 heterocycles. The Morgan fingerprint density at radius 3 is 2.95 bits per heavy atom. The van der Waals surface area contributed by atoms with Crippen LogP contribution in [-0.4, -0.2) is 39.8 Å². The van der Waals surface area contributed by atoms with Gasteiger partial charge in [-0.15, -0.1) is 0 Å². The summed E-state index contributed by atoms with van der Waals surface area (Å²) in [5.74, 6) is 0.717. The molecule has 1 aliphatic heterocycles. The van der Waals surface area contributed by atoms with E-state index in [9.17, 15) is 9.59 Å². The van der Waals surface area contributed by atoms with Crippen LogP contribution in [0.4, 0.5) is 5.82 Å². The smallest absolute Gasteiger partial charge is 0.267 e. The Morgan fingerprint density at radius 1 is 1.27 bits per heavy atom. The van der Waals surface area contributed by atoms with Gasteiger partial charge < -0.3 is 10.2 Å². The molecule has 0 radical (unpaired) electrons. The number of hydrogen-bond acceptors (Lipinski definition) is 5. The fourth-order valence-corrected chi connectivity index (χ4v) is 2.54. The lowest BCUT2D eigenvalue weighted by molar-refractivity contribution is -0.122. The van der Waals surface area contributed by atoms with Gasteiger partial charge in [-0.1, -0.05) is 6.07 Å². The maximum Gasteiger partial charge on any atom is 0.267 e. The van der Waals surface area contributed by atoms with Gasteiger partial charge >= 0.3 is 0 Å². The highest BCUT2D eigenvalue weighted by Crippen LogP contribution is 2.17. The Balaban J connectivity index is 1.55. The zero-order valence-corrected chi connectivity index (χ0v) is 12.1. The number of nitrogens with zero attached hydrogens (tertiary/aromatic N) is 4. The van der Waals surface area contributed by atoms with Crippen molar-refractivity contribution in [3.63, 3.8) is 0 Å². The van der Waals surface area contributed by atoms with Gasteiger partial charge in [-0.3, -0.25) is 9.59 Å². The second-order valence-electron chi connectivity index (χ2n) is 5.21. The van der Waals surface area contributed by atoms with Gasteiger partial charge in [0.2, 0.25) is 5.91 Å². The molecule has 1 saturated heterocycles. The molecular weight excluding hydrogens is 282 g/mol. The highest BCUT2D eigenvalue weighted by atomic mass is 16.2. The lowest BCUT2D eigenvalue weighted by Crippen LogP contribution is -2.40. The van der Waals surface area contributed by atoms with Crippen LogP contribution in [-0.2, 0) is 11.3 Å². The molecule has 0 unspecified atom stereocenters. The molecule has 0 aromatic carbocycles. The molecule has 22 heavy (non-hydrogen) atoms. The summed E-state index contributed by atoms with van der Waals surface area (Å²) in [6.07, 6.45) is 4.11. The third-order valence-corrected chi connectivity index (χ3v) is 3.61. The summed E-state index contributed by atoms with van der Waals surface area (Å²) in [7, 11) is 0. The molecule has 7 nitrogen and oxygen atoms in total. The molecule has 1 aliphatic rings. The summed E-state index contributed by atoms with van der Waals surface area (Å²) < 4.78 is 1.15. The van der Waals surface area contributed by atoms with E-state index in [-0.39, 0.29) is 24.1 Å². The van der Waals surface area contributed by atoms with Gasteiger partial charge in [0.25, 0.3) is 5.56 Å². The van der Waals surface area contributed by atoms with Crippen molar-refractivity contribution in [3.8, 4) is 0 Å². The first kappa shape index (κ1) is 14.2. The van der Waals surface area contributed by atoms with Gasteiger partial charge in [-0.2, -0.15) is 5.10 Å². The summed E-state index contributed by atoms with van der Waals surface area (Å²) in [5, 5.41) is 6.82. The molecule has 1 atom stereocenters. The second-order valence-corrected chi connectivity index (χ2v) is 5.21. The van der Waals surface area contributed by atoms with E-state index < -0.39 is 0 Å². The lowest BCUT2D eigenvalue weighted by atomic mass is 10.2. The van der Waals surface area contributed by atoms with Crippen molar-refractivity contribution < 1.29 is 4.79 Å². The average Bonchev–Trinajstić information content (AvgIpc) is 2.99. The fourth-order valence-electron chi connectivity index (χ4n) is 2.54. The highest BCUT2D eigenvalue weighted by Gasteiger charge is 2.24. The van der Waals surface area contributed by atoms with Crippen molar-refractivity contribution in [2.45, 2.75) is 19.0 Å². The number of aromatic nitrogens is 3. The average molecular weight is 299 g/mol. The van der Waals surface area contributed by atoms with Crippen LogP contribution in [0, 0.1) is 0 Å². The van der Waals surface area contributed by atoms with E-state index in [0.717, 1.165) is 30.0 Å². The Labute approximate surface area is 127 Å². The van der Waals surface area contributed by atoms with Crippen LogP contribution < -0.4 is 15.8 Å². The summed E-state index contributed by atoms with van der Waals surface area (Å²) in [5.41, 5.74) is -0.279. The first-order valence-corrected chi connectivity index (χ1v) is 7.20. The SMILES string of the molecule is O=C(Cn1ncccc1=O)N[C@H]1CCN(c2ccccn2)C1. The third-order valence-electron chi connectivity index (χ3n) is 3.61. The minimum atomic E-state index is -0.279. The second kappa shape index (κ2) is 6.38. The van der Waals surface area contributed by atoms with Crippen molar-refractivity contribution in [2.24, 2.45) is 0 Å². The normalized spacial score (nSPS) is 17.5. The Morgan fingerprint density at radius 2 is 2.18 bits per heavy atom. The fraction of sp³-hybridized carbons (Fsp3) is 0.333. The number of carbonyl (C=O) groups is 1. The number of anilines is 1. The molecule has 2 aromatic heterocycles. The van der Waals surface area contributed by atoms with Gasteiger partial charge in [-0.25, -0.2) is 9.67 Å². The van der Waals surface area contributed by atoms with Gasteiger partial charge in [0.1, 0.15) is 12.4 Å². The zero-order valence-electron chi connectivity index (χ0n) is 12.1. The molecular formula is C15H17N5O2. The zero-order chi connectivity index (χ0) is 15.4. The van der Waals surface area contributed by atoms with Gasteiger partial charge in [0, 0.05) is 37.6 Å². The topological polar surface area (TPSA) is 80.1 Å². The predicted molar refractivity (Wildman–Crippen MR) is 81.5 cm³/mol. The van der Waals surface area contributed by atoms with Crippen LogP contribution in [0.3, 0.4) is 0 Å². The lowest BCUT2D eigenvalue weighted by Gasteiger charge is -2.17. The highest BCUT2D eigenvalue weighted by molar-refractivity contribution is 5.76. The number of nitrogens with one attached hydrogen (secondary N) is 1. The third kappa shape index (κ3) is 3.30. The first-order chi connectivity index (χ1) is 10.7. The molecule has 7 heteroatoms. The van der Waals surface area contributed by atoms with Crippen LogP contribution in [0.5, 0.6) is 0 Å². The molecule has 1 amide bonds. The molecule has 1 N–H and O–H groups in total. The number of rotatable bonds is 4. The number of hydrogen-bond donors (Lipinski definition) is 1. The Kier molecular flexibility index (Phi) is 4.13. The molecule has 0 bridgehead atoms. The maximum atomic E-state index is 12.0. The van der Waals surface area contributed by atoms with E-state index in [1.807, 2.05) is 18.2 Å². The number of carbonyl (C=O) groups excluding carboxylic acids is 1. The monoisotopic (exact) mass is 299 g/mol. The molecule has 0 aliphatic carbocycles. The van der Waals surface area contributed by atoms with Crippen molar-refractivity contribution in [1.29, 1.82) is 0 Å². The minimum absolute atomic E-state index is 0.0558. The van der Waals surface area contributed by atoms with Crippen molar-refractivity contribution >= 4 is 11.7 Å². The molecule has 0 spiro atoms. The van der Waals surface area contributed by atoms with Gasteiger partial charge in [0.05, 0.1) is 0 Å². The first-order valence-electron chi connectivity index (χ1n) is 7.20. The van der Waals surface area contributed by atoms with Crippen LogP contribution >= 0.6 is 0 Å². The van der Waals surface area contributed by atoms with E-state index in [1.54, 1.807) is 12.3 Å². The van der Waals surface area contributed by atoms with Crippen LogP contribution in [0.25, 0.3) is 0 Å². The summed E-state index contributed by atoms with van der Waals surface area (Å²) in [6.45, 7) is 1.52. The van der Waals surface area contributed by atoms with Crippen molar-refractivity contribution in [2.75, 3.05) is 18.0 Å². The predicted octanol–water partition coefficient (Wildman–Crippen LogP) is 0.0334. The molecule has 1 fully saturated rings. The van der Waals surface area contributed by atoms with Gasteiger partial charge in [0.15, 0.2) is 0 Å². The Hall–Kier alpha value is -2.70. The molecule has 3 rings (SSSR count). The summed E-state index contributed by atoms with van der Waals surface area (Å²) >= 11 is 0. The van der Waals surface area contributed by atoms with E-state index >= 15 is 0 Å². The molecule has 114 valence electrons. The van der Waals surface area contributed by atoms with E-state index in [2.05, 4.69) is 20.3 Å². The van der Waals surface area contributed by atoms with Crippen molar-refractivity contribution in [1.82, 2.24) is 20.1 Å². The van der Waals surface area contributed by atoms with Crippen molar-refractivity contribution in [3.05, 3.63) is 53.1 Å². The summed E-state index contributed by atoms with van der Waals surface area (Å²) in [6, 6.07) is 8.79. The summed E-state index contributed by atoms with van der Waals surface area (Å²) in [4.78, 5) is 30.0. The molecule has 0 saturated carbocycles. The van der Waals surface area contributed by atoms with E-state index in [0.29, 0.717) is 0 Å². The van der Waals surface area contributed by atoms with E-state index in [4.69, 9.17) is 0 Å². The number of pyridine rings is 1. The number of amides is 1. The minimum Gasteiger partial charge on any atom is -0.354 e. The standard InChI is InChI=1S/C15H17N5O2/c21-14(11-20-15(22)5-3-8-17-20)18-12-6-9-19(10-12)13-4-1-2-7-16-13/h1-5,7-8,12H,6,9-11H2,(H,18,21)/t12-/m0/s1. The largest absolute Gasteiger partial charge is 0.354 e. The van der Waals surface area contributed by atoms with Crippen LogP contribution in [0.15, 0.2) is 47.5 Å². The Bertz CT molecular complexity index is 700. The molecule has 2 aromatic rings. The van der Waals surface area contributed by atoms with Crippen LogP contribution in [0.2, 0.25) is 0 Å². The van der Waals surface area contributed by atoms with Gasteiger partial charge in [-0.05, 0) is 24.6 Å². The van der Waals surface area contributed by atoms with Crippen LogP contribution in [0.1, 0.15) is 6.42 Å². The van der Waals surface area contributed by atoms with E-state index in [1.165, 1.54) is 12.3 Å².